The van der Waals surface area contributed by atoms with E-state index in [9.17, 15) is 0 Å². The van der Waals surface area contributed by atoms with Crippen LogP contribution in [0.1, 0.15) is 38.2 Å². The van der Waals surface area contributed by atoms with Crippen molar-refractivity contribution in [2.75, 3.05) is 14.2 Å². The molecule has 19 heavy (non-hydrogen) atoms. The van der Waals surface area contributed by atoms with Gasteiger partial charge in [0.1, 0.15) is 11.5 Å². The monoisotopic (exact) mass is 258 g/mol. The van der Waals surface area contributed by atoms with Crippen LogP contribution in [0.2, 0.25) is 0 Å². The first-order valence-electron chi connectivity index (χ1n) is 6.62. The van der Waals surface area contributed by atoms with E-state index >= 15 is 0 Å². The summed E-state index contributed by atoms with van der Waals surface area (Å²) in [6.45, 7) is 6.20. The maximum Gasteiger partial charge on any atom is 0.123 e. The first-order valence-corrected chi connectivity index (χ1v) is 6.62. The van der Waals surface area contributed by atoms with Gasteiger partial charge in [-0.25, -0.2) is 0 Å². The van der Waals surface area contributed by atoms with E-state index in [4.69, 9.17) is 9.47 Å². The Balaban J connectivity index is 2.75. The second kappa shape index (κ2) is 8.26. The van der Waals surface area contributed by atoms with E-state index in [1.54, 1.807) is 14.2 Å². The Bertz CT molecular complexity index is 456. The van der Waals surface area contributed by atoms with E-state index in [2.05, 4.69) is 25.3 Å². The third-order valence-corrected chi connectivity index (χ3v) is 2.84. The smallest absolute Gasteiger partial charge is 0.123 e. The van der Waals surface area contributed by atoms with E-state index in [0.29, 0.717) is 0 Å². The van der Waals surface area contributed by atoms with E-state index in [0.717, 1.165) is 35.5 Å². The number of rotatable bonds is 6. The first kappa shape index (κ1) is 15.2. The van der Waals surface area contributed by atoms with Gasteiger partial charge in [0, 0.05) is 18.1 Å². The molecule has 1 rings (SSSR count). The van der Waals surface area contributed by atoms with Crippen LogP contribution in [0.15, 0.2) is 24.8 Å². The normalized spacial score (nSPS) is 9.42. The lowest BCUT2D eigenvalue weighted by molar-refractivity contribution is 0.394. The van der Waals surface area contributed by atoms with E-state index in [-0.39, 0.29) is 0 Å². The van der Waals surface area contributed by atoms with Crippen LogP contribution in [0.5, 0.6) is 11.5 Å². The molecule has 0 atom stereocenters. The fourth-order valence-corrected chi connectivity index (χ4v) is 1.69. The van der Waals surface area contributed by atoms with Crippen LogP contribution >= 0.6 is 0 Å². The zero-order valence-corrected chi connectivity index (χ0v) is 12.1. The predicted molar refractivity (Wildman–Crippen MR) is 80.5 cm³/mol. The van der Waals surface area contributed by atoms with Gasteiger partial charge in [-0.15, -0.1) is 0 Å². The Morgan fingerprint density at radius 1 is 1.11 bits per heavy atom. The highest BCUT2D eigenvalue weighted by molar-refractivity contribution is 5.78. The zero-order valence-electron chi connectivity index (χ0n) is 12.1. The number of hydrogen-bond acceptors (Lipinski definition) is 2. The van der Waals surface area contributed by atoms with Crippen LogP contribution in [0.3, 0.4) is 0 Å². The van der Waals surface area contributed by atoms with Crippen molar-refractivity contribution in [3.63, 3.8) is 0 Å². The third kappa shape index (κ3) is 5.09. The molecule has 2 nitrogen and oxygen atoms in total. The SMILES string of the molecule is C=C(C#CCCCCC)c1cc(OC)cc(OC)c1. The number of methoxy groups -OCH3 is 2. The molecule has 0 bridgehead atoms. The zero-order chi connectivity index (χ0) is 14.1. The molecule has 0 spiro atoms. The molecule has 0 radical (unpaired) electrons. The fraction of sp³-hybridized carbons (Fsp3) is 0.412. The lowest BCUT2D eigenvalue weighted by atomic mass is 10.1. The molecule has 0 aliphatic carbocycles. The summed E-state index contributed by atoms with van der Waals surface area (Å²) in [6, 6.07) is 5.68. The Hall–Kier alpha value is -1.88. The van der Waals surface area contributed by atoms with Gasteiger partial charge in [0.15, 0.2) is 0 Å². The maximum atomic E-state index is 5.24. The van der Waals surface area contributed by atoms with Crippen molar-refractivity contribution in [3.05, 3.63) is 30.3 Å². The van der Waals surface area contributed by atoms with Crippen molar-refractivity contribution < 1.29 is 9.47 Å². The largest absolute Gasteiger partial charge is 0.497 e. The van der Waals surface area contributed by atoms with Crippen molar-refractivity contribution in [1.29, 1.82) is 0 Å². The maximum absolute atomic E-state index is 5.24. The minimum absolute atomic E-state index is 0.753. The van der Waals surface area contributed by atoms with Crippen molar-refractivity contribution in [1.82, 2.24) is 0 Å². The first-order chi connectivity index (χ1) is 9.21. The number of allylic oxidation sites excluding steroid dienone is 1. The van der Waals surface area contributed by atoms with Gasteiger partial charge in [0.25, 0.3) is 0 Å². The van der Waals surface area contributed by atoms with Crippen molar-refractivity contribution in [2.24, 2.45) is 0 Å². The lowest BCUT2D eigenvalue weighted by Crippen LogP contribution is -1.90. The molecular weight excluding hydrogens is 236 g/mol. The van der Waals surface area contributed by atoms with E-state index in [1.165, 1.54) is 12.8 Å². The molecule has 0 fully saturated rings. The van der Waals surface area contributed by atoms with E-state index in [1.807, 2.05) is 18.2 Å². The molecule has 0 aliphatic rings. The lowest BCUT2D eigenvalue weighted by Gasteiger charge is -2.07. The van der Waals surface area contributed by atoms with Crippen molar-refractivity contribution in [2.45, 2.75) is 32.6 Å². The molecule has 2 heteroatoms. The second-order valence-electron chi connectivity index (χ2n) is 4.34. The summed E-state index contributed by atoms with van der Waals surface area (Å²) in [4.78, 5) is 0. The molecule has 102 valence electrons. The highest BCUT2D eigenvalue weighted by atomic mass is 16.5. The van der Waals surface area contributed by atoms with E-state index < -0.39 is 0 Å². The summed E-state index contributed by atoms with van der Waals surface area (Å²) in [5.74, 6) is 7.77. The van der Waals surface area contributed by atoms with Crippen LogP contribution in [-0.4, -0.2) is 14.2 Å². The van der Waals surface area contributed by atoms with Gasteiger partial charge in [0.2, 0.25) is 0 Å². The highest BCUT2D eigenvalue weighted by Gasteiger charge is 2.03. The standard InChI is InChI=1S/C17H22O2/c1-5-6-7-8-9-10-14(2)15-11-16(18-3)13-17(12-15)19-4/h11-13H,2,5-8H2,1,3-4H3. The minimum Gasteiger partial charge on any atom is -0.497 e. The highest BCUT2D eigenvalue weighted by Crippen LogP contribution is 2.26. The Morgan fingerprint density at radius 2 is 1.74 bits per heavy atom. The summed E-state index contributed by atoms with van der Waals surface area (Å²) < 4.78 is 10.5. The van der Waals surface area contributed by atoms with Gasteiger partial charge in [-0.1, -0.05) is 38.2 Å². The van der Waals surface area contributed by atoms with Crippen LogP contribution in [0, 0.1) is 11.8 Å². The van der Waals surface area contributed by atoms with Crippen molar-refractivity contribution in [3.8, 4) is 23.3 Å². The molecular formula is C17H22O2. The minimum atomic E-state index is 0.753. The van der Waals surface area contributed by atoms with Crippen LogP contribution in [0.4, 0.5) is 0 Å². The van der Waals surface area contributed by atoms with Gasteiger partial charge in [0.05, 0.1) is 14.2 Å². The molecule has 0 saturated carbocycles. The number of hydrogen-bond donors (Lipinski definition) is 0. The third-order valence-electron chi connectivity index (χ3n) is 2.84. The van der Waals surface area contributed by atoms with Crippen LogP contribution in [0.25, 0.3) is 5.57 Å². The van der Waals surface area contributed by atoms with Gasteiger partial charge in [-0.05, 0) is 24.1 Å². The predicted octanol–water partition coefficient (Wildman–Crippen LogP) is 4.30. The average molecular weight is 258 g/mol. The summed E-state index contributed by atoms with van der Waals surface area (Å²) in [5, 5.41) is 0. The quantitative estimate of drug-likeness (QED) is 0.559. The second-order valence-corrected chi connectivity index (χ2v) is 4.34. The molecule has 1 aromatic rings. The number of benzene rings is 1. The number of ether oxygens (including phenoxy) is 2. The molecule has 0 heterocycles. The summed E-state index contributed by atoms with van der Waals surface area (Å²) >= 11 is 0. The van der Waals surface area contributed by atoms with Gasteiger partial charge >= 0.3 is 0 Å². The van der Waals surface area contributed by atoms with Gasteiger partial charge < -0.3 is 9.47 Å². The molecule has 0 aliphatic heterocycles. The Labute approximate surface area is 116 Å². The fourth-order valence-electron chi connectivity index (χ4n) is 1.69. The number of unbranched alkanes of at least 4 members (excludes halogenated alkanes) is 3. The molecule has 0 aromatic heterocycles. The topological polar surface area (TPSA) is 18.5 Å². The Kier molecular flexibility index (Phi) is 6.60. The average Bonchev–Trinajstić information content (AvgIpc) is 2.46. The van der Waals surface area contributed by atoms with Crippen molar-refractivity contribution >= 4 is 5.57 Å². The Morgan fingerprint density at radius 3 is 2.26 bits per heavy atom. The molecule has 0 unspecified atom stereocenters. The van der Waals surface area contributed by atoms with Crippen LogP contribution in [-0.2, 0) is 0 Å². The van der Waals surface area contributed by atoms with Gasteiger partial charge in [-0.2, -0.15) is 0 Å². The summed E-state index contributed by atoms with van der Waals surface area (Å²) in [5.41, 5.74) is 1.74. The molecule has 1 aromatic carbocycles. The molecule has 0 amide bonds. The molecule has 0 saturated heterocycles. The van der Waals surface area contributed by atoms with Gasteiger partial charge in [-0.3, -0.25) is 0 Å². The summed E-state index contributed by atoms with van der Waals surface area (Å²) in [6.07, 6.45) is 4.52. The molecule has 0 N–H and O–H groups in total. The van der Waals surface area contributed by atoms with Crippen LogP contribution < -0.4 is 9.47 Å². The summed E-state index contributed by atoms with van der Waals surface area (Å²) in [7, 11) is 3.27.